The largest absolute Gasteiger partial charge is 0.369 e. The average molecular weight is 237 g/mol. The summed E-state index contributed by atoms with van der Waals surface area (Å²) in [6.07, 6.45) is 7.06. The lowest BCUT2D eigenvalue weighted by atomic mass is 9.99. The minimum Gasteiger partial charge on any atom is -0.369 e. The highest BCUT2D eigenvalue weighted by molar-refractivity contribution is 6.11. The Balaban J connectivity index is 2.19. The van der Waals surface area contributed by atoms with Gasteiger partial charge in [-0.2, -0.15) is 0 Å². The van der Waals surface area contributed by atoms with Crippen molar-refractivity contribution < 1.29 is 4.79 Å². The normalized spacial score (nSPS) is 20.3. The fourth-order valence-electron chi connectivity index (χ4n) is 1.94. The van der Waals surface area contributed by atoms with Crippen LogP contribution >= 0.6 is 0 Å². The van der Waals surface area contributed by atoms with E-state index in [0.717, 1.165) is 16.3 Å². The second kappa shape index (κ2) is 4.07. The van der Waals surface area contributed by atoms with Crippen LogP contribution in [0.1, 0.15) is 0 Å². The third-order valence-corrected chi connectivity index (χ3v) is 2.91. The van der Waals surface area contributed by atoms with Gasteiger partial charge in [-0.1, -0.05) is 24.3 Å². The number of nitrogens with two attached hydrogens (primary N) is 1. The summed E-state index contributed by atoms with van der Waals surface area (Å²) in [5.74, 6) is -0.789. The van der Waals surface area contributed by atoms with E-state index in [1.165, 1.54) is 0 Å². The topological polar surface area (TPSA) is 67.8 Å². The van der Waals surface area contributed by atoms with Crippen LogP contribution in [-0.4, -0.2) is 11.6 Å². The van der Waals surface area contributed by atoms with Crippen molar-refractivity contribution in [1.82, 2.24) is 0 Å². The summed E-state index contributed by atoms with van der Waals surface area (Å²) in [7, 11) is 0. The number of para-hydroxylation sites is 1. The van der Waals surface area contributed by atoms with E-state index in [1.54, 1.807) is 24.4 Å². The molecule has 0 fully saturated rings. The summed E-state index contributed by atoms with van der Waals surface area (Å²) >= 11 is 0. The molecule has 1 aromatic rings. The van der Waals surface area contributed by atoms with Crippen molar-refractivity contribution in [3.05, 3.63) is 58.8 Å². The minimum absolute atomic E-state index is 0.380. The second-order valence-electron chi connectivity index (χ2n) is 4.15. The molecule has 1 aliphatic heterocycles. The summed E-state index contributed by atoms with van der Waals surface area (Å²) in [5.41, 5.74) is 6.75. The van der Waals surface area contributed by atoms with Crippen molar-refractivity contribution in [2.45, 2.75) is 0 Å². The van der Waals surface area contributed by atoms with Crippen LogP contribution in [0.2, 0.25) is 0 Å². The summed E-state index contributed by atoms with van der Waals surface area (Å²) in [6, 6.07) is 7.74. The number of benzene rings is 1. The van der Waals surface area contributed by atoms with Crippen LogP contribution in [0.4, 0.5) is 0 Å². The number of rotatable bonds is 1. The Morgan fingerprint density at radius 3 is 2.94 bits per heavy atom. The van der Waals surface area contributed by atoms with E-state index >= 15 is 0 Å². The molecule has 0 bridgehead atoms. The van der Waals surface area contributed by atoms with Gasteiger partial charge < -0.3 is 5.73 Å². The van der Waals surface area contributed by atoms with Gasteiger partial charge in [-0.3, -0.25) is 9.79 Å². The van der Waals surface area contributed by atoms with Gasteiger partial charge >= 0.3 is 0 Å². The summed E-state index contributed by atoms with van der Waals surface area (Å²) in [4.78, 5) is 20.1. The fraction of sp³-hybridized carbons (Fsp3) is 0.0714. The van der Waals surface area contributed by atoms with Crippen LogP contribution in [0, 0.1) is 5.92 Å². The van der Waals surface area contributed by atoms with Crippen molar-refractivity contribution in [2.75, 3.05) is 0 Å². The molecule has 1 amide bonds. The molecule has 0 saturated carbocycles. The molecule has 3 rings (SSSR count). The number of aliphatic imine (C=N–C) groups is 1. The van der Waals surface area contributed by atoms with Crippen molar-refractivity contribution in [3.8, 4) is 0 Å². The number of fused-ring (bicyclic) bond motifs is 2. The zero-order chi connectivity index (χ0) is 12.5. The highest BCUT2D eigenvalue weighted by atomic mass is 16.1. The number of amides is 1. The van der Waals surface area contributed by atoms with Crippen molar-refractivity contribution in [2.24, 2.45) is 21.6 Å². The monoisotopic (exact) mass is 237 g/mol. The first-order valence-electron chi connectivity index (χ1n) is 5.65. The van der Waals surface area contributed by atoms with Crippen LogP contribution in [0.3, 0.4) is 0 Å². The van der Waals surface area contributed by atoms with Crippen molar-refractivity contribution in [3.63, 3.8) is 0 Å². The molecule has 1 aromatic carbocycles. The summed E-state index contributed by atoms with van der Waals surface area (Å²) in [6.45, 7) is 0. The molecular formula is C14H11N3O. The Labute approximate surface area is 104 Å². The molecule has 0 saturated heterocycles. The Bertz CT molecular complexity index is 726. The van der Waals surface area contributed by atoms with Gasteiger partial charge in [0.1, 0.15) is 0 Å². The molecule has 2 N–H and O–H groups in total. The van der Waals surface area contributed by atoms with E-state index in [-0.39, 0.29) is 5.91 Å². The van der Waals surface area contributed by atoms with E-state index in [2.05, 4.69) is 9.98 Å². The maximum atomic E-state index is 11.2. The van der Waals surface area contributed by atoms with Gasteiger partial charge in [0.25, 0.3) is 0 Å². The molecule has 1 atom stereocenters. The van der Waals surface area contributed by atoms with Gasteiger partial charge in [0.15, 0.2) is 0 Å². The van der Waals surface area contributed by atoms with E-state index in [0.29, 0.717) is 5.70 Å². The Morgan fingerprint density at radius 1 is 1.28 bits per heavy atom. The maximum Gasteiger partial charge on any atom is 0.228 e. The van der Waals surface area contributed by atoms with E-state index in [9.17, 15) is 4.79 Å². The van der Waals surface area contributed by atoms with E-state index in [4.69, 9.17) is 5.73 Å². The summed E-state index contributed by atoms with van der Waals surface area (Å²) < 4.78 is 0. The van der Waals surface area contributed by atoms with E-state index in [1.807, 2.05) is 24.3 Å². The van der Waals surface area contributed by atoms with Crippen LogP contribution < -0.4 is 16.3 Å². The first-order valence-corrected chi connectivity index (χ1v) is 5.65. The first kappa shape index (κ1) is 10.7. The number of primary amides is 1. The van der Waals surface area contributed by atoms with Gasteiger partial charge in [-0.25, -0.2) is 4.99 Å². The van der Waals surface area contributed by atoms with E-state index < -0.39 is 5.92 Å². The third-order valence-electron chi connectivity index (χ3n) is 2.91. The third kappa shape index (κ3) is 1.78. The summed E-state index contributed by atoms with van der Waals surface area (Å²) in [5, 5.41) is 1.81. The quantitative estimate of drug-likeness (QED) is 0.737. The van der Waals surface area contributed by atoms with Crippen LogP contribution in [0.25, 0.3) is 6.20 Å². The highest BCUT2D eigenvalue weighted by Gasteiger charge is 2.17. The van der Waals surface area contributed by atoms with Crippen molar-refractivity contribution >= 4 is 17.8 Å². The predicted octanol–water partition coefficient (Wildman–Crippen LogP) is 0.0540. The standard InChI is InChI=1S/C14H11N3O/c15-14(18)9-5-6-12-13(7-9)17-11-4-2-1-3-10(11)8-16-12/h1-9H,(H2,15,18). The molecule has 4 heteroatoms. The van der Waals surface area contributed by atoms with Crippen molar-refractivity contribution in [1.29, 1.82) is 0 Å². The number of hydrogen-bond donors (Lipinski definition) is 1. The number of hydrogen-bond acceptors (Lipinski definition) is 3. The van der Waals surface area contributed by atoms with Crippen LogP contribution in [0.5, 0.6) is 0 Å². The smallest absolute Gasteiger partial charge is 0.228 e. The lowest BCUT2D eigenvalue weighted by Crippen LogP contribution is -2.25. The average Bonchev–Trinajstić information content (AvgIpc) is 2.56. The SMILES string of the molecule is NC(=O)C1C=CC2=NC=c3ccccc3=NC2=C1. The highest BCUT2D eigenvalue weighted by Crippen LogP contribution is 2.16. The Kier molecular flexibility index (Phi) is 2.41. The molecule has 1 heterocycles. The number of carbonyl (C=O) groups is 1. The molecule has 0 spiro atoms. The number of carbonyl (C=O) groups excluding carboxylic acids is 1. The lowest BCUT2D eigenvalue weighted by molar-refractivity contribution is -0.119. The molecule has 1 unspecified atom stereocenters. The van der Waals surface area contributed by atoms with Crippen LogP contribution in [-0.2, 0) is 4.79 Å². The Hall–Kier alpha value is -2.49. The number of allylic oxidation sites excluding steroid dienone is 1. The molecule has 4 nitrogen and oxygen atoms in total. The first-order chi connectivity index (χ1) is 8.74. The Morgan fingerprint density at radius 2 is 2.11 bits per heavy atom. The molecule has 2 aliphatic rings. The molecule has 88 valence electrons. The van der Waals surface area contributed by atoms with Crippen LogP contribution in [0.15, 0.2) is 58.2 Å². The molecule has 18 heavy (non-hydrogen) atoms. The molecule has 0 aromatic heterocycles. The minimum atomic E-state index is -0.409. The molecule has 0 radical (unpaired) electrons. The fourth-order valence-corrected chi connectivity index (χ4v) is 1.94. The van der Waals surface area contributed by atoms with Gasteiger partial charge in [-0.05, 0) is 18.2 Å². The maximum absolute atomic E-state index is 11.2. The van der Waals surface area contributed by atoms with Gasteiger partial charge in [0.2, 0.25) is 5.91 Å². The zero-order valence-corrected chi connectivity index (χ0v) is 9.58. The van der Waals surface area contributed by atoms with Gasteiger partial charge in [0, 0.05) is 11.4 Å². The predicted molar refractivity (Wildman–Crippen MR) is 69.0 cm³/mol. The van der Waals surface area contributed by atoms with Gasteiger partial charge in [0.05, 0.1) is 22.7 Å². The lowest BCUT2D eigenvalue weighted by Gasteiger charge is -2.11. The van der Waals surface area contributed by atoms with Gasteiger partial charge in [-0.15, -0.1) is 0 Å². The zero-order valence-electron chi connectivity index (χ0n) is 9.58. The number of nitrogens with zero attached hydrogens (tertiary/aromatic N) is 2. The molecule has 1 aliphatic carbocycles. The second-order valence-corrected chi connectivity index (χ2v) is 4.15. The molecular weight excluding hydrogens is 226 g/mol.